The summed E-state index contributed by atoms with van der Waals surface area (Å²) in [5.41, 5.74) is 6.28. The minimum absolute atomic E-state index is 0.0426. The third kappa shape index (κ3) is 14.7. The third-order valence-electron chi connectivity index (χ3n) is 7.27. The Kier molecular flexibility index (Phi) is 17.0. The number of esters is 1. The summed E-state index contributed by atoms with van der Waals surface area (Å²) in [6.45, 7) is 10.0. The highest BCUT2D eigenvalue weighted by Crippen LogP contribution is 2.24. The molecule has 0 aromatic carbocycles. The van der Waals surface area contributed by atoms with E-state index < -0.39 is 36.3 Å². The zero-order valence-corrected chi connectivity index (χ0v) is 24.3. The molecule has 1 amide bonds. The topological polar surface area (TPSA) is 119 Å². The molecule has 0 fully saturated rings. The number of hydrogen-bond acceptors (Lipinski definition) is 6. The van der Waals surface area contributed by atoms with E-state index in [1.807, 2.05) is 26.0 Å². The second-order valence-corrected chi connectivity index (χ2v) is 11.2. The molecule has 7 unspecified atom stereocenters. The molecule has 7 heteroatoms. The van der Waals surface area contributed by atoms with Crippen LogP contribution in [0.4, 0.5) is 4.79 Å². The quantitative estimate of drug-likeness (QED) is 0.151. The lowest BCUT2D eigenvalue weighted by molar-refractivity contribution is -0.156. The fraction of sp³-hybridized carbons (Fsp3) is 0.742. The van der Waals surface area contributed by atoms with Crippen LogP contribution >= 0.6 is 0 Å². The van der Waals surface area contributed by atoms with E-state index in [2.05, 4.69) is 32.1 Å². The molecule has 1 heterocycles. The molecule has 0 aliphatic carbocycles. The molecule has 0 spiro atoms. The van der Waals surface area contributed by atoms with E-state index in [-0.39, 0.29) is 17.9 Å². The Morgan fingerprint density at radius 1 is 1.08 bits per heavy atom. The SMILES string of the molecule is CCCCC/C=C/C(C)=C/C1CC(C)C/C=C/CCC(O)C(OC(N)=O)CCC(C)CC(O)C(C)C(=O)O1. The van der Waals surface area contributed by atoms with Gasteiger partial charge in [0, 0.05) is 0 Å². The van der Waals surface area contributed by atoms with Crippen molar-refractivity contribution in [1.29, 1.82) is 0 Å². The van der Waals surface area contributed by atoms with Crippen molar-refractivity contribution in [2.75, 3.05) is 0 Å². The van der Waals surface area contributed by atoms with Gasteiger partial charge in [-0.1, -0.05) is 63.5 Å². The van der Waals surface area contributed by atoms with Crippen LogP contribution in [-0.4, -0.2) is 46.7 Å². The first-order valence-electron chi connectivity index (χ1n) is 14.6. The van der Waals surface area contributed by atoms with E-state index in [9.17, 15) is 19.8 Å². The van der Waals surface area contributed by atoms with Crippen molar-refractivity contribution < 1.29 is 29.3 Å². The maximum atomic E-state index is 13.0. The Morgan fingerprint density at radius 3 is 2.50 bits per heavy atom. The Bertz CT molecular complexity index is 776. The molecule has 218 valence electrons. The normalized spacial score (nSPS) is 32.2. The lowest BCUT2D eigenvalue weighted by atomic mass is 9.90. The van der Waals surface area contributed by atoms with Crippen LogP contribution in [-0.2, 0) is 14.3 Å². The molecule has 0 radical (unpaired) electrons. The minimum Gasteiger partial charge on any atom is -0.458 e. The van der Waals surface area contributed by atoms with Gasteiger partial charge in [0.1, 0.15) is 12.2 Å². The van der Waals surface area contributed by atoms with Crippen LogP contribution in [0.1, 0.15) is 105 Å². The summed E-state index contributed by atoms with van der Waals surface area (Å²) in [6, 6.07) is 0. The molecule has 0 aromatic heterocycles. The Hall–Kier alpha value is -2.12. The van der Waals surface area contributed by atoms with Crippen molar-refractivity contribution in [3.63, 3.8) is 0 Å². The molecule has 1 aliphatic rings. The molecule has 4 N–H and O–H groups in total. The van der Waals surface area contributed by atoms with E-state index in [1.54, 1.807) is 6.92 Å². The van der Waals surface area contributed by atoms with E-state index in [0.717, 1.165) is 18.4 Å². The summed E-state index contributed by atoms with van der Waals surface area (Å²) in [7, 11) is 0. The number of aliphatic hydroxyl groups excluding tert-OH is 2. The van der Waals surface area contributed by atoms with E-state index >= 15 is 0 Å². The number of carbonyl (C=O) groups is 2. The van der Waals surface area contributed by atoms with Gasteiger partial charge in [-0.25, -0.2) is 4.79 Å². The molecular formula is C31H53NO6. The zero-order chi connectivity index (χ0) is 28.5. The van der Waals surface area contributed by atoms with Crippen molar-refractivity contribution in [2.24, 2.45) is 23.5 Å². The second-order valence-electron chi connectivity index (χ2n) is 11.2. The standard InChI is InChI=1S/C31H53NO6/c1-6-7-8-9-11-14-22(2)19-26-20-23(3)15-12-10-13-16-27(33)29(38-31(32)36)18-17-24(4)21-28(34)25(5)30(35)37-26/h10-12,14,19,23-29,33-34H,6-9,13,15-18,20-21H2,1-5H3,(H2,32,36)/b12-10+,14-11+,22-19+. The predicted octanol–water partition coefficient (Wildman–Crippen LogP) is 6.38. The molecule has 7 nitrogen and oxygen atoms in total. The summed E-state index contributed by atoms with van der Waals surface area (Å²) in [5.74, 6) is -0.770. The zero-order valence-electron chi connectivity index (χ0n) is 24.3. The van der Waals surface area contributed by atoms with Crippen LogP contribution in [0.15, 0.2) is 36.0 Å². The highest BCUT2D eigenvalue weighted by Gasteiger charge is 2.29. The van der Waals surface area contributed by atoms with Crippen LogP contribution in [0.5, 0.6) is 0 Å². The van der Waals surface area contributed by atoms with Crippen LogP contribution < -0.4 is 5.73 Å². The summed E-state index contributed by atoms with van der Waals surface area (Å²) in [6.07, 6.45) is 15.4. The van der Waals surface area contributed by atoms with Crippen molar-refractivity contribution in [1.82, 2.24) is 0 Å². The number of rotatable bonds is 7. The van der Waals surface area contributed by atoms with Crippen molar-refractivity contribution in [2.45, 2.75) is 130 Å². The number of aliphatic hydroxyl groups is 2. The first-order valence-corrected chi connectivity index (χ1v) is 14.6. The van der Waals surface area contributed by atoms with Gasteiger partial charge in [0.25, 0.3) is 0 Å². The van der Waals surface area contributed by atoms with Gasteiger partial charge >= 0.3 is 12.1 Å². The van der Waals surface area contributed by atoms with Gasteiger partial charge in [-0.05, 0) is 89.5 Å². The fourth-order valence-corrected chi connectivity index (χ4v) is 4.75. The Morgan fingerprint density at radius 2 is 1.82 bits per heavy atom. The molecule has 7 atom stereocenters. The third-order valence-corrected chi connectivity index (χ3v) is 7.27. The average molecular weight is 536 g/mol. The van der Waals surface area contributed by atoms with Crippen molar-refractivity contribution in [3.05, 3.63) is 36.0 Å². The molecule has 0 saturated carbocycles. The lowest BCUT2D eigenvalue weighted by Gasteiger charge is -2.26. The Balaban J connectivity index is 3.02. The summed E-state index contributed by atoms with van der Waals surface area (Å²) >= 11 is 0. The monoisotopic (exact) mass is 535 g/mol. The number of nitrogens with two attached hydrogens (primary N) is 1. The van der Waals surface area contributed by atoms with Crippen molar-refractivity contribution in [3.8, 4) is 0 Å². The first-order chi connectivity index (χ1) is 18.0. The van der Waals surface area contributed by atoms with Gasteiger partial charge in [0.2, 0.25) is 0 Å². The molecular weight excluding hydrogens is 482 g/mol. The highest BCUT2D eigenvalue weighted by molar-refractivity contribution is 5.73. The van der Waals surface area contributed by atoms with Gasteiger partial charge in [-0.3, -0.25) is 4.79 Å². The fourth-order valence-electron chi connectivity index (χ4n) is 4.75. The van der Waals surface area contributed by atoms with E-state index in [0.29, 0.717) is 38.5 Å². The number of amides is 1. The summed E-state index contributed by atoms with van der Waals surface area (Å²) in [5, 5.41) is 21.4. The van der Waals surface area contributed by atoms with Gasteiger partial charge in [-0.15, -0.1) is 0 Å². The maximum absolute atomic E-state index is 13.0. The van der Waals surface area contributed by atoms with Gasteiger partial charge in [0.15, 0.2) is 0 Å². The van der Waals surface area contributed by atoms with Gasteiger partial charge < -0.3 is 25.4 Å². The number of allylic oxidation sites excluding steroid dienone is 5. The summed E-state index contributed by atoms with van der Waals surface area (Å²) in [4.78, 5) is 24.4. The number of carbonyl (C=O) groups excluding carboxylic acids is 2. The molecule has 0 bridgehead atoms. The molecule has 0 saturated heterocycles. The number of cyclic esters (lactones) is 1. The molecule has 38 heavy (non-hydrogen) atoms. The predicted molar refractivity (Wildman–Crippen MR) is 152 cm³/mol. The largest absolute Gasteiger partial charge is 0.458 e. The number of unbranched alkanes of at least 4 members (excludes halogenated alkanes) is 3. The van der Waals surface area contributed by atoms with E-state index in [1.165, 1.54) is 19.3 Å². The number of ether oxygens (including phenoxy) is 2. The maximum Gasteiger partial charge on any atom is 0.404 e. The molecule has 1 aliphatic heterocycles. The molecule has 0 aromatic rings. The van der Waals surface area contributed by atoms with Crippen LogP contribution in [0.3, 0.4) is 0 Å². The smallest absolute Gasteiger partial charge is 0.404 e. The van der Waals surface area contributed by atoms with E-state index in [4.69, 9.17) is 15.2 Å². The number of hydrogen-bond donors (Lipinski definition) is 3. The first kappa shape index (κ1) is 33.9. The van der Waals surface area contributed by atoms with Crippen LogP contribution in [0.25, 0.3) is 0 Å². The van der Waals surface area contributed by atoms with Crippen molar-refractivity contribution >= 4 is 12.1 Å². The Labute approximate surface area is 230 Å². The summed E-state index contributed by atoms with van der Waals surface area (Å²) < 4.78 is 11.1. The minimum atomic E-state index is -0.907. The second kappa shape index (κ2) is 19.0. The van der Waals surface area contributed by atoms with Crippen LogP contribution in [0, 0.1) is 17.8 Å². The highest BCUT2D eigenvalue weighted by atomic mass is 16.6. The van der Waals surface area contributed by atoms with Crippen LogP contribution in [0.2, 0.25) is 0 Å². The van der Waals surface area contributed by atoms with Gasteiger partial charge in [0.05, 0.1) is 18.1 Å². The lowest BCUT2D eigenvalue weighted by Crippen LogP contribution is -2.34. The number of primary amides is 1. The van der Waals surface area contributed by atoms with Gasteiger partial charge in [-0.2, -0.15) is 0 Å². The molecule has 1 rings (SSSR count). The average Bonchev–Trinajstić information content (AvgIpc) is 2.84.